The summed E-state index contributed by atoms with van der Waals surface area (Å²) in [5.41, 5.74) is 0. The van der Waals surface area contributed by atoms with Crippen molar-refractivity contribution in [2.24, 2.45) is 0 Å². The maximum absolute atomic E-state index is 12.3. The molecule has 0 aromatic carbocycles. The van der Waals surface area contributed by atoms with Gasteiger partial charge in [-0.15, -0.1) is 0 Å². The monoisotopic (exact) mass is 350 g/mol. The van der Waals surface area contributed by atoms with E-state index < -0.39 is 4.92 Å². The van der Waals surface area contributed by atoms with E-state index in [4.69, 9.17) is 4.42 Å². The highest BCUT2D eigenvalue weighted by Crippen LogP contribution is 2.23. The zero-order valence-corrected chi connectivity index (χ0v) is 14.0. The summed E-state index contributed by atoms with van der Waals surface area (Å²) in [5, 5.41) is 13.6. The molecule has 0 bridgehead atoms. The second-order valence-corrected chi connectivity index (χ2v) is 6.95. The van der Waals surface area contributed by atoms with Crippen LogP contribution in [0.5, 0.6) is 0 Å². The summed E-state index contributed by atoms with van der Waals surface area (Å²) in [5.74, 6) is 0.588. The first-order chi connectivity index (χ1) is 11.6. The molecule has 2 N–H and O–H groups in total. The van der Waals surface area contributed by atoms with E-state index in [0.29, 0.717) is 11.4 Å². The van der Waals surface area contributed by atoms with Crippen molar-refractivity contribution in [3.63, 3.8) is 0 Å². The molecule has 0 spiro atoms. The topological polar surface area (TPSA) is 89.8 Å². The lowest BCUT2D eigenvalue weighted by Crippen LogP contribution is -3.13. The van der Waals surface area contributed by atoms with Crippen LogP contribution in [-0.2, 0) is 0 Å². The van der Waals surface area contributed by atoms with Crippen LogP contribution >= 0.6 is 11.3 Å². The molecule has 7 nitrogen and oxygen atoms in total. The van der Waals surface area contributed by atoms with Crippen molar-refractivity contribution in [2.45, 2.75) is 25.3 Å². The lowest BCUT2D eigenvalue weighted by atomic mass is 10.1. The van der Waals surface area contributed by atoms with Crippen LogP contribution in [0.1, 0.15) is 40.7 Å². The Balaban J connectivity index is 1.66. The largest absolute Gasteiger partial charge is 0.463 e. The number of thiophene rings is 1. The standard InChI is InChI=1S/C16H19N3O4S/c20-16(14-6-7-15(24-14)19(21)22)17-11-12(13-5-4-10-23-13)18-8-2-1-3-9-18/h4-7,10,12H,1-3,8-9,11H2,(H,17,20)/p+1/t12-/m1/s1. The predicted molar refractivity (Wildman–Crippen MR) is 89.3 cm³/mol. The highest BCUT2D eigenvalue weighted by Gasteiger charge is 2.29. The number of nitrogens with zero attached hydrogens (tertiary/aromatic N) is 1. The van der Waals surface area contributed by atoms with Gasteiger partial charge in [-0.2, -0.15) is 0 Å². The molecule has 0 saturated carbocycles. The molecule has 1 amide bonds. The number of rotatable bonds is 6. The van der Waals surface area contributed by atoms with E-state index in [2.05, 4.69) is 5.32 Å². The zero-order chi connectivity index (χ0) is 16.9. The van der Waals surface area contributed by atoms with Gasteiger partial charge < -0.3 is 14.6 Å². The Morgan fingerprint density at radius 3 is 2.75 bits per heavy atom. The molecule has 0 aliphatic carbocycles. The molecule has 3 heterocycles. The Bertz CT molecular complexity index is 692. The normalized spacial score (nSPS) is 16.7. The van der Waals surface area contributed by atoms with Crippen molar-refractivity contribution in [2.75, 3.05) is 19.6 Å². The second-order valence-electron chi connectivity index (χ2n) is 5.89. The molecule has 1 fully saturated rings. The molecule has 1 atom stereocenters. The summed E-state index contributed by atoms with van der Waals surface area (Å²) in [7, 11) is 0. The number of piperidine rings is 1. The van der Waals surface area contributed by atoms with Gasteiger partial charge in [-0.3, -0.25) is 14.9 Å². The van der Waals surface area contributed by atoms with Gasteiger partial charge in [0.15, 0.2) is 11.8 Å². The average Bonchev–Trinajstić information content (AvgIpc) is 3.28. The van der Waals surface area contributed by atoms with Crippen LogP contribution in [0.2, 0.25) is 0 Å². The molecule has 0 radical (unpaired) electrons. The van der Waals surface area contributed by atoms with Gasteiger partial charge in [0.1, 0.15) is 0 Å². The van der Waals surface area contributed by atoms with Crippen LogP contribution < -0.4 is 10.2 Å². The summed E-state index contributed by atoms with van der Waals surface area (Å²) in [4.78, 5) is 24.3. The highest BCUT2D eigenvalue weighted by molar-refractivity contribution is 7.17. The fourth-order valence-corrected chi connectivity index (χ4v) is 3.86. The molecule has 1 aliphatic heterocycles. The number of amides is 1. The van der Waals surface area contributed by atoms with Gasteiger partial charge in [0.25, 0.3) is 5.91 Å². The van der Waals surface area contributed by atoms with Crippen molar-refractivity contribution in [3.05, 3.63) is 51.3 Å². The molecule has 2 aromatic heterocycles. The van der Waals surface area contributed by atoms with E-state index in [1.54, 1.807) is 6.26 Å². The number of furan rings is 1. The first kappa shape index (κ1) is 16.7. The minimum atomic E-state index is -0.481. The number of carbonyl (C=O) groups excluding carboxylic acids is 1. The lowest BCUT2D eigenvalue weighted by molar-refractivity contribution is -0.936. The van der Waals surface area contributed by atoms with E-state index in [1.807, 2.05) is 12.1 Å². The van der Waals surface area contributed by atoms with Crippen LogP contribution in [0.25, 0.3) is 0 Å². The number of hydrogen-bond acceptors (Lipinski definition) is 5. The molecule has 2 aromatic rings. The summed E-state index contributed by atoms with van der Waals surface area (Å²) in [6.07, 6.45) is 5.25. The van der Waals surface area contributed by atoms with Gasteiger partial charge in [-0.25, -0.2) is 0 Å². The third-order valence-corrected chi connectivity index (χ3v) is 5.37. The van der Waals surface area contributed by atoms with Crippen molar-refractivity contribution < 1.29 is 19.0 Å². The van der Waals surface area contributed by atoms with Gasteiger partial charge in [0.05, 0.1) is 35.7 Å². The zero-order valence-electron chi connectivity index (χ0n) is 13.2. The van der Waals surface area contributed by atoms with Crippen LogP contribution in [0.3, 0.4) is 0 Å². The molecular formula is C16H20N3O4S+. The van der Waals surface area contributed by atoms with Crippen LogP contribution in [0, 0.1) is 10.1 Å². The minimum absolute atomic E-state index is 0.0237. The Kier molecular flexibility index (Phi) is 5.27. The highest BCUT2D eigenvalue weighted by atomic mass is 32.1. The lowest BCUT2D eigenvalue weighted by Gasteiger charge is -2.30. The van der Waals surface area contributed by atoms with Gasteiger partial charge in [-0.1, -0.05) is 11.3 Å². The van der Waals surface area contributed by atoms with Crippen LogP contribution in [0.15, 0.2) is 34.9 Å². The van der Waals surface area contributed by atoms with Crippen molar-refractivity contribution in [3.8, 4) is 0 Å². The summed E-state index contributed by atoms with van der Waals surface area (Å²) in [6.45, 7) is 2.57. The van der Waals surface area contributed by atoms with E-state index in [0.717, 1.165) is 30.2 Å². The molecule has 1 aliphatic rings. The third-order valence-electron chi connectivity index (χ3n) is 4.34. The predicted octanol–water partition coefficient (Wildman–Crippen LogP) is 1.79. The second kappa shape index (κ2) is 7.59. The van der Waals surface area contributed by atoms with Crippen molar-refractivity contribution >= 4 is 22.2 Å². The third kappa shape index (κ3) is 3.82. The molecule has 0 unspecified atom stereocenters. The maximum atomic E-state index is 12.3. The van der Waals surface area contributed by atoms with E-state index in [-0.39, 0.29) is 17.0 Å². The van der Waals surface area contributed by atoms with Gasteiger partial charge in [-0.05, 0) is 37.5 Å². The number of nitrogens with one attached hydrogen (secondary N) is 2. The maximum Gasteiger partial charge on any atom is 0.324 e. The van der Waals surface area contributed by atoms with Gasteiger partial charge in [0.2, 0.25) is 0 Å². The molecule has 8 heteroatoms. The smallest absolute Gasteiger partial charge is 0.324 e. The van der Waals surface area contributed by atoms with E-state index in [9.17, 15) is 14.9 Å². The SMILES string of the molecule is O=C(NC[C@H](c1ccco1)[NH+]1CCCCC1)c1ccc([N+](=O)[O-])s1. The summed E-state index contributed by atoms with van der Waals surface area (Å²) in [6, 6.07) is 6.72. The Hall–Kier alpha value is -2.19. The fraction of sp³-hybridized carbons (Fsp3) is 0.438. The average molecular weight is 350 g/mol. The van der Waals surface area contributed by atoms with Crippen molar-refractivity contribution in [1.82, 2.24) is 5.32 Å². The van der Waals surface area contributed by atoms with Crippen molar-refractivity contribution in [1.29, 1.82) is 0 Å². The Morgan fingerprint density at radius 2 is 2.12 bits per heavy atom. The number of likely N-dealkylation sites (tertiary alicyclic amines) is 1. The Labute approximate surface area is 143 Å². The Morgan fingerprint density at radius 1 is 1.33 bits per heavy atom. The van der Waals surface area contributed by atoms with Gasteiger partial charge in [0, 0.05) is 6.07 Å². The van der Waals surface area contributed by atoms with Crippen LogP contribution in [-0.4, -0.2) is 30.5 Å². The first-order valence-corrected chi connectivity index (χ1v) is 8.87. The number of carbonyl (C=O) groups is 1. The van der Waals surface area contributed by atoms with E-state index in [1.165, 1.54) is 36.3 Å². The number of hydrogen-bond donors (Lipinski definition) is 2. The summed E-state index contributed by atoms with van der Waals surface area (Å²) >= 11 is 0.892. The first-order valence-electron chi connectivity index (χ1n) is 8.05. The molecule has 128 valence electrons. The molecule has 1 saturated heterocycles. The minimum Gasteiger partial charge on any atom is -0.463 e. The molecule has 3 rings (SSSR count). The molecular weight excluding hydrogens is 330 g/mol. The number of quaternary nitrogens is 1. The van der Waals surface area contributed by atoms with Crippen LogP contribution in [0.4, 0.5) is 5.00 Å². The fourth-order valence-electron chi connectivity index (χ4n) is 3.12. The van der Waals surface area contributed by atoms with E-state index >= 15 is 0 Å². The number of nitro groups is 1. The summed E-state index contributed by atoms with van der Waals surface area (Å²) < 4.78 is 5.56. The molecule has 24 heavy (non-hydrogen) atoms. The van der Waals surface area contributed by atoms with Gasteiger partial charge >= 0.3 is 5.00 Å². The quantitative estimate of drug-likeness (QED) is 0.614.